The van der Waals surface area contributed by atoms with Gasteiger partial charge in [-0.05, 0) is 50.8 Å². The minimum atomic E-state index is -1.06. The summed E-state index contributed by atoms with van der Waals surface area (Å²) in [7, 11) is 1.56. The first-order chi connectivity index (χ1) is 14.7. The fourth-order valence-corrected chi connectivity index (χ4v) is 3.45. The van der Waals surface area contributed by atoms with Crippen molar-refractivity contribution in [3.05, 3.63) is 34.1 Å². The smallest absolute Gasteiger partial charge is 0.377 e. The molecule has 1 amide bonds. The number of piperidine rings is 1. The Kier molecular flexibility index (Phi) is 8.94. The van der Waals surface area contributed by atoms with Crippen molar-refractivity contribution in [3.8, 4) is 0 Å². The molecule has 31 heavy (non-hydrogen) atoms. The summed E-state index contributed by atoms with van der Waals surface area (Å²) in [5.41, 5.74) is 1.79. The Hall–Kier alpha value is -2.52. The van der Waals surface area contributed by atoms with E-state index in [-0.39, 0.29) is 29.3 Å². The van der Waals surface area contributed by atoms with Gasteiger partial charge in [-0.25, -0.2) is 19.7 Å². The first kappa shape index (κ1) is 24.7. The van der Waals surface area contributed by atoms with Crippen LogP contribution in [0.4, 0.5) is 10.3 Å². The van der Waals surface area contributed by atoms with Crippen molar-refractivity contribution in [2.45, 2.75) is 52.7 Å². The van der Waals surface area contributed by atoms with Gasteiger partial charge < -0.3 is 15.0 Å². The van der Waals surface area contributed by atoms with Crippen LogP contribution in [-0.4, -0.2) is 54.9 Å². The molecule has 1 aliphatic rings. The number of amides is 1. The number of anilines is 1. The van der Waals surface area contributed by atoms with E-state index in [1.165, 1.54) is 12.3 Å². The van der Waals surface area contributed by atoms with Crippen molar-refractivity contribution >= 4 is 35.0 Å². The van der Waals surface area contributed by atoms with E-state index in [1.54, 1.807) is 21.0 Å². The number of hydrogen-bond donors (Lipinski definition) is 1. The maximum absolute atomic E-state index is 12.6. The number of nitrogens with one attached hydrogen (secondary N) is 1. The number of carbonyl (C=O) groups is 2. The molecule has 1 aromatic rings. The van der Waals surface area contributed by atoms with E-state index in [0.29, 0.717) is 36.0 Å². The second kappa shape index (κ2) is 11.2. The summed E-state index contributed by atoms with van der Waals surface area (Å²) in [6.45, 7) is 8.07. The normalized spacial score (nSPS) is 20.2. The average molecular weight is 455 g/mol. The molecule has 10 heteroatoms. The highest BCUT2D eigenvalue weighted by Crippen LogP contribution is 2.23. The molecule has 0 aliphatic carbocycles. The number of allylic oxidation sites excluding steroid dienone is 1. The van der Waals surface area contributed by atoms with Gasteiger partial charge in [0.2, 0.25) is 0 Å². The van der Waals surface area contributed by atoms with Gasteiger partial charge in [-0.1, -0.05) is 18.5 Å². The van der Waals surface area contributed by atoms with E-state index in [1.807, 2.05) is 18.7 Å². The third kappa shape index (κ3) is 6.24. The van der Waals surface area contributed by atoms with Gasteiger partial charge in [0, 0.05) is 30.9 Å². The Labute approximate surface area is 186 Å². The number of rotatable bonds is 7. The Bertz CT molecular complexity index is 890. The summed E-state index contributed by atoms with van der Waals surface area (Å²) in [5.74, 6) is -0.876. The summed E-state index contributed by atoms with van der Waals surface area (Å²) in [5, 5.41) is 3.28. The molecule has 0 bridgehead atoms. The quantitative estimate of drug-likeness (QED) is 0.500. The summed E-state index contributed by atoms with van der Waals surface area (Å²) in [6.07, 6.45) is 2.49. The highest BCUT2D eigenvalue weighted by atomic mass is 35.5. The van der Waals surface area contributed by atoms with Crippen LogP contribution in [0, 0.1) is 6.92 Å². The van der Waals surface area contributed by atoms with Crippen LogP contribution in [0.1, 0.15) is 49.5 Å². The largest absolute Gasteiger partial charge is 0.379 e. The van der Waals surface area contributed by atoms with Gasteiger partial charge in [0.25, 0.3) is 5.91 Å². The Morgan fingerprint density at radius 2 is 2.13 bits per heavy atom. The molecule has 1 saturated heterocycles. The summed E-state index contributed by atoms with van der Waals surface area (Å²) in [4.78, 5) is 38.0. The second-order valence-electron chi connectivity index (χ2n) is 7.43. The van der Waals surface area contributed by atoms with Gasteiger partial charge in [-0.2, -0.15) is 0 Å². The lowest BCUT2D eigenvalue weighted by Gasteiger charge is -2.38. The molecule has 2 heterocycles. The van der Waals surface area contributed by atoms with Gasteiger partial charge in [0.15, 0.2) is 0 Å². The number of aryl methyl sites for hydroxylation is 1. The van der Waals surface area contributed by atoms with E-state index >= 15 is 0 Å². The lowest BCUT2D eigenvalue weighted by molar-refractivity contribution is -0.116. The van der Waals surface area contributed by atoms with Crippen LogP contribution >= 0.6 is 11.6 Å². The number of pyridine rings is 1. The summed E-state index contributed by atoms with van der Waals surface area (Å²) < 4.78 is 17.9. The van der Waals surface area contributed by atoms with E-state index < -0.39 is 5.97 Å². The highest BCUT2D eigenvalue weighted by molar-refractivity contribution is 6.40. The summed E-state index contributed by atoms with van der Waals surface area (Å²) >= 11 is 6.13. The fraction of sp³-hybridized carbons (Fsp3) is 0.524. The number of aliphatic imine (C=N–C) groups is 1. The lowest BCUT2D eigenvalue weighted by atomic mass is 10.0. The molecule has 0 aromatic carbocycles. The minimum absolute atomic E-state index is 0.107. The molecule has 2 atom stereocenters. The molecule has 1 aliphatic heterocycles. The summed E-state index contributed by atoms with van der Waals surface area (Å²) in [6, 6.07) is 1.25. The van der Waals surface area contributed by atoms with Crippen LogP contribution in [0.15, 0.2) is 28.0 Å². The number of halogens is 2. The van der Waals surface area contributed by atoms with Gasteiger partial charge in [-0.15, -0.1) is 0 Å². The van der Waals surface area contributed by atoms with Gasteiger partial charge >= 0.3 is 5.97 Å². The van der Waals surface area contributed by atoms with Gasteiger partial charge in [-0.3, -0.25) is 4.79 Å². The molecule has 0 radical (unpaired) electrons. The van der Waals surface area contributed by atoms with E-state index in [0.717, 1.165) is 12.0 Å². The molecule has 1 aromatic heterocycles. The molecular weight excluding hydrogens is 427 g/mol. The molecule has 170 valence electrons. The molecule has 0 saturated carbocycles. The van der Waals surface area contributed by atoms with Crippen LogP contribution in [0.5, 0.6) is 0 Å². The number of carbonyl (C=O) groups excluding carboxylic acids is 2. The SMILES string of the molecule is CC/C(C)=C(Cl)/N=C(\C)C(=O)NC1CCN(c2cc(C(=O)OF)c(C)cn2)C[C@@H]1OC. The van der Waals surface area contributed by atoms with Crippen LogP contribution < -0.4 is 10.2 Å². The second-order valence-corrected chi connectivity index (χ2v) is 7.79. The first-order valence-electron chi connectivity index (χ1n) is 10.00. The Morgan fingerprint density at radius 1 is 1.42 bits per heavy atom. The molecule has 1 unspecified atom stereocenters. The van der Waals surface area contributed by atoms with Crippen molar-refractivity contribution in [2.75, 3.05) is 25.1 Å². The Balaban J connectivity index is 2.11. The number of methoxy groups -OCH3 is 1. The minimum Gasteiger partial charge on any atom is -0.377 e. The third-order valence-corrected chi connectivity index (χ3v) is 5.77. The monoisotopic (exact) mass is 454 g/mol. The molecular formula is C21H28ClFN4O4. The van der Waals surface area contributed by atoms with E-state index in [2.05, 4.69) is 20.2 Å². The topological polar surface area (TPSA) is 93.1 Å². The fourth-order valence-electron chi connectivity index (χ4n) is 3.19. The maximum Gasteiger partial charge on any atom is 0.379 e. The zero-order valence-corrected chi connectivity index (χ0v) is 19.1. The molecule has 2 rings (SSSR count). The number of nitrogens with zero attached hydrogens (tertiary/aromatic N) is 3. The van der Waals surface area contributed by atoms with Crippen molar-refractivity contribution in [1.29, 1.82) is 0 Å². The number of ether oxygens (including phenoxy) is 1. The van der Waals surface area contributed by atoms with E-state index in [4.69, 9.17) is 16.3 Å². The number of hydrogen-bond acceptors (Lipinski definition) is 7. The van der Waals surface area contributed by atoms with Crippen LogP contribution in [0.25, 0.3) is 0 Å². The molecule has 1 N–H and O–H groups in total. The Morgan fingerprint density at radius 3 is 2.74 bits per heavy atom. The predicted molar refractivity (Wildman–Crippen MR) is 117 cm³/mol. The van der Waals surface area contributed by atoms with E-state index in [9.17, 15) is 14.1 Å². The van der Waals surface area contributed by atoms with Crippen molar-refractivity contribution < 1.29 is 23.8 Å². The number of aromatic nitrogens is 1. The van der Waals surface area contributed by atoms with Crippen LogP contribution in [-0.2, 0) is 14.5 Å². The van der Waals surface area contributed by atoms with Gasteiger partial charge in [0.1, 0.15) is 16.7 Å². The zero-order chi connectivity index (χ0) is 23.1. The zero-order valence-electron chi connectivity index (χ0n) is 18.4. The van der Waals surface area contributed by atoms with Crippen molar-refractivity contribution in [1.82, 2.24) is 10.3 Å². The van der Waals surface area contributed by atoms with Crippen molar-refractivity contribution in [2.24, 2.45) is 4.99 Å². The average Bonchev–Trinajstić information content (AvgIpc) is 2.78. The third-order valence-electron chi connectivity index (χ3n) is 5.36. The van der Waals surface area contributed by atoms with Crippen molar-refractivity contribution in [3.63, 3.8) is 0 Å². The molecule has 8 nitrogen and oxygen atoms in total. The van der Waals surface area contributed by atoms with Gasteiger partial charge in [0.05, 0.1) is 17.7 Å². The predicted octanol–water partition coefficient (Wildman–Crippen LogP) is 3.48. The highest BCUT2D eigenvalue weighted by Gasteiger charge is 2.32. The maximum atomic E-state index is 12.6. The van der Waals surface area contributed by atoms with Crippen LogP contribution in [0.2, 0.25) is 0 Å². The molecule has 0 spiro atoms. The standard InChI is InChI=1S/C21H28ClFN4O4/c1-6-12(2)19(22)25-14(4)20(28)26-16-7-8-27(11-17(16)30-5)18-9-15(21(29)31-23)13(3)10-24-18/h9-10,16-17H,6-8,11H2,1-5H3,(H,26,28)/b19-12+,25-14+/t16?,17-/m0/s1. The lowest BCUT2D eigenvalue weighted by Crippen LogP contribution is -2.56. The molecule has 1 fully saturated rings. The van der Waals surface area contributed by atoms with Crippen LogP contribution in [0.3, 0.4) is 0 Å². The first-order valence-corrected chi connectivity index (χ1v) is 10.4.